The molecule has 2 aromatic rings. The number of benzene rings is 1. The van der Waals surface area contributed by atoms with Crippen LogP contribution in [0.25, 0.3) is 0 Å². The van der Waals surface area contributed by atoms with Crippen LogP contribution in [0.15, 0.2) is 36.5 Å². The number of halogens is 6. The van der Waals surface area contributed by atoms with Gasteiger partial charge in [-0.15, -0.1) is 24.8 Å². The minimum absolute atomic E-state index is 0. The van der Waals surface area contributed by atoms with Gasteiger partial charge in [0.1, 0.15) is 0 Å². The molecule has 5 nitrogen and oxygen atoms in total. The largest absolute Gasteiger partial charge is 0.436 e. The molecule has 1 heterocycles. The van der Waals surface area contributed by atoms with E-state index in [1.54, 1.807) is 0 Å². The number of ether oxygens (including phenoxy) is 1. The first-order valence-corrected chi connectivity index (χ1v) is 7.30. The number of nitrogens with zero attached hydrogens (tertiary/aromatic N) is 1. The molecule has 0 bridgehead atoms. The van der Waals surface area contributed by atoms with Gasteiger partial charge in [-0.25, -0.2) is 9.37 Å². The number of hydrogen-bond acceptors (Lipinski definition) is 4. The lowest BCUT2D eigenvalue weighted by Crippen LogP contribution is -2.13. The third-order valence-corrected chi connectivity index (χ3v) is 3.10. The van der Waals surface area contributed by atoms with Crippen molar-refractivity contribution in [2.45, 2.75) is 19.0 Å². The summed E-state index contributed by atoms with van der Waals surface area (Å²) in [6.45, 7) is 0.370. The lowest BCUT2D eigenvalue weighted by Gasteiger charge is -2.10. The van der Waals surface area contributed by atoms with Gasteiger partial charge in [-0.05, 0) is 31.2 Å². The van der Waals surface area contributed by atoms with E-state index in [9.17, 15) is 22.4 Å². The van der Waals surface area contributed by atoms with E-state index in [0.29, 0.717) is 19.2 Å². The van der Waals surface area contributed by atoms with Gasteiger partial charge in [0.15, 0.2) is 11.6 Å². The van der Waals surface area contributed by atoms with Crippen molar-refractivity contribution in [3.8, 4) is 11.6 Å². The zero-order valence-corrected chi connectivity index (χ0v) is 15.4. The summed E-state index contributed by atoms with van der Waals surface area (Å²) < 4.78 is 56.5. The fraction of sp³-hybridized carbons (Fsp3) is 0.250. The summed E-state index contributed by atoms with van der Waals surface area (Å²) in [7, 11) is 0. The Morgan fingerprint density at radius 2 is 1.89 bits per heavy atom. The summed E-state index contributed by atoms with van der Waals surface area (Å²) in [5.41, 5.74) is 4.59. The maximum Gasteiger partial charge on any atom is 0.417 e. The standard InChI is InChI=1S/C16H15F4N3O2.2ClH/c17-12-8-11(23-14(24)2-1-7-21)4-5-13(12)25-15-6-3-10(9-22-15)16(18,19)20;;/h3-6,8-9H,1-2,7,21H2,(H,23,24);2*1H. The molecule has 27 heavy (non-hydrogen) atoms. The number of rotatable bonds is 6. The Labute approximate surface area is 165 Å². The van der Waals surface area contributed by atoms with Gasteiger partial charge >= 0.3 is 6.18 Å². The number of aromatic nitrogens is 1. The van der Waals surface area contributed by atoms with Gasteiger partial charge in [0.25, 0.3) is 0 Å². The first-order valence-electron chi connectivity index (χ1n) is 7.30. The molecule has 0 unspecified atom stereocenters. The molecule has 11 heteroatoms. The topological polar surface area (TPSA) is 77.2 Å². The summed E-state index contributed by atoms with van der Waals surface area (Å²) in [6, 6.07) is 5.47. The van der Waals surface area contributed by atoms with Crippen molar-refractivity contribution in [1.29, 1.82) is 0 Å². The molecule has 0 aliphatic heterocycles. The fourth-order valence-electron chi connectivity index (χ4n) is 1.87. The molecule has 0 aliphatic carbocycles. The van der Waals surface area contributed by atoms with E-state index in [-0.39, 0.29) is 54.5 Å². The summed E-state index contributed by atoms with van der Waals surface area (Å²) in [5.74, 6) is -1.51. The van der Waals surface area contributed by atoms with E-state index in [1.165, 1.54) is 12.1 Å². The first-order chi connectivity index (χ1) is 11.8. The fourth-order valence-corrected chi connectivity index (χ4v) is 1.87. The number of nitrogens with two attached hydrogens (primary N) is 1. The van der Waals surface area contributed by atoms with Gasteiger partial charge in [-0.3, -0.25) is 4.79 Å². The van der Waals surface area contributed by atoms with Crippen molar-refractivity contribution in [1.82, 2.24) is 4.98 Å². The van der Waals surface area contributed by atoms with Crippen molar-refractivity contribution in [3.05, 3.63) is 47.9 Å². The number of nitrogens with one attached hydrogen (secondary N) is 1. The number of amides is 1. The van der Waals surface area contributed by atoms with E-state index >= 15 is 0 Å². The maximum atomic E-state index is 14.0. The molecule has 0 radical (unpaired) electrons. The van der Waals surface area contributed by atoms with Crippen LogP contribution in [0.2, 0.25) is 0 Å². The Hall–Kier alpha value is -2.10. The van der Waals surface area contributed by atoms with Gasteiger partial charge in [-0.2, -0.15) is 13.2 Å². The predicted molar refractivity (Wildman–Crippen MR) is 97.1 cm³/mol. The van der Waals surface area contributed by atoms with Crippen LogP contribution in [0.1, 0.15) is 18.4 Å². The average molecular weight is 430 g/mol. The maximum absolute atomic E-state index is 14.0. The van der Waals surface area contributed by atoms with Gasteiger partial charge in [0, 0.05) is 30.4 Å². The zero-order chi connectivity index (χ0) is 18.4. The Bertz CT molecular complexity index is 743. The second kappa shape index (κ2) is 10.9. The number of carbonyl (C=O) groups is 1. The van der Waals surface area contributed by atoms with Crippen LogP contribution < -0.4 is 15.8 Å². The lowest BCUT2D eigenvalue weighted by molar-refractivity contribution is -0.137. The Kier molecular flexibility index (Phi) is 10.1. The molecule has 0 fully saturated rings. The van der Waals surface area contributed by atoms with E-state index < -0.39 is 17.6 Å². The quantitative estimate of drug-likeness (QED) is 0.660. The minimum Gasteiger partial charge on any atom is -0.436 e. The molecule has 2 rings (SSSR count). The monoisotopic (exact) mass is 429 g/mol. The van der Waals surface area contributed by atoms with Crippen LogP contribution in [0.3, 0.4) is 0 Å². The minimum atomic E-state index is -4.51. The van der Waals surface area contributed by atoms with Gasteiger partial charge in [0.05, 0.1) is 5.56 Å². The van der Waals surface area contributed by atoms with Crippen molar-refractivity contribution >= 4 is 36.4 Å². The van der Waals surface area contributed by atoms with E-state index in [0.717, 1.165) is 18.2 Å². The van der Waals surface area contributed by atoms with Crippen molar-refractivity contribution in [2.24, 2.45) is 5.73 Å². The molecule has 1 amide bonds. The Morgan fingerprint density at radius 1 is 1.19 bits per heavy atom. The first kappa shape index (κ1) is 24.9. The Balaban J connectivity index is 0.00000338. The highest BCUT2D eigenvalue weighted by Crippen LogP contribution is 2.31. The van der Waals surface area contributed by atoms with Crippen molar-refractivity contribution < 1.29 is 27.1 Å². The molecule has 0 atom stereocenters. The summed E-state index contributed by atoms with van der Waals surface area (Å²) >= 11 is 0. The molecular formula is C16H17Cl2F4N3O2. The molecular weight excluding hydrogens is 413 g/mol. The molecule has 3 N–H and O–H groups in total. The third-order valence-electron chi connectivity index (χ3n) is 3.10. The van der Waals surface area contributed by atoms with Crippen LogP contribution >= 0.6 is 24.8 Å². The molecule has 0 spiro atoms. The van der Waals surface area contributed by atoms with Crippen LogP contribution in [0.4, 0.5) is 23.2 Å². The van der Waals surface area contributed by atoms with Crippen LogP contribution in [0, 0.1) is 5.82 Å². The summed E-state index contributed by atoms with van der Waals surface area (Å²) in [5, 5.41) is 2.50. The van der Waals surface area contributed by atoms with E-state index in [1.807, 2.05) is 0 Å². The van der Waals surface area contributed by atoms with E-state index in [2.05, 4.69) is 10.3 Å². The summed E-state index contributed by atoms with van der Waals surface area (Å²) in [4.78, 5) is 15.0. The second-order valence-electron chi connectivity index (χ2n) is 5.07. The molecule has 0 saturated carbocycles. The average Bonchev–Trinajstić information content (AvgIpc) is 2.55. The molecule has 0 aliphatic rings. The smallest absolute Gasteiger partial charge is 0.417 e. The number of anilines is 1. The molecule has 1 aromatic heterocycles. The highest BCUT2D eigenvalue weighted by atomic mass is 35.5. The highest BCUT2D eigenvalue weighted by Gasteiger charge is 2.30. The normalized spacial score (nSPS) is 10.4. The zero-order valence-electron chi connectivity index (χ0n) is 13.8. The number of pyridine rings is 1. The SMILES string of the molecule is Cl.Cl.NCCCC(=O)Nc1ccc(Oc2ccc(C(F)(F)F)cn2)c(F)c1. The van der Waals surface area contributed by atoms with Crippen LogP contribution in [-0.4, -0.2) is 17.4 Å². The molecule has 150 valence electrons. The second-order valence-corrected chi connectivity index (χ2v) is 5.07. The lowest BCUT2D eigenvalue weighted by atomic mass is 10.2. The van der Waals surface area contributed by atoms with Gasteiger partial charge in [0.2, 0.25) is 11.8 Å². The number of hydrogen-bond donors (Lipinski definition) is 2. The number of carbonyl (C=O) groups excluding carboxylic acids is 1. The highest BCUT2D eigenvalue weighted by molar-refractivity contribution is 5.90. The molecule has 0 saturated heterocycles. The van der Waals surface area contributed by atoms with Crippen LogP contribution in [-0.2, 0) is 11.0 Å². The number of alkyl halides is 3. The van der Waals surface area contributed by atoms with Crippen molar-refractivity contribution in [3.63, 3.8) is 0 Å². The van der Waals surface area contributed by atoms with Gasteiger partial charge < -0.3 is 15.8 Å². The van der Waals surface area contributed by atoms with Crippen molar-refractivity contribution in [2.75, 3.05) is 11.9 Å². The molecule has 1 aromatic carbocycles. The van der Waals surface area contributed by atoms with Gasteiger partial charge in [-0.1, -0.05) is 0 Å². The van der Waals surface area contributed by atoms with E-state index in [4.69, 9.17) is 10.5 Å². The predicted octanol–water partition coefficient (Wildman–Crippen LogP) is 4.55. The Morgan fingerprint density at radius 3 is 2.41 bits per heavy atom. The third kappa shape index (κ3) is 7.58. The summed E-state index contributed by atoms with van der Waals surface area (Å²) in [6.07, 6.45) is -3.19. The van der Waals surface area contributed by atoms with Crippen LogP contribution in [0.5, 0.6) is 11.6 Å².